The van der Waals surface area contributed by atoms with E-state index in [1.54, 1.807) is 11.3 Å². The minimum Gasteiger partial charge on any atom is -0.465 e. The van der Waals surface area contributed by atoms with Gasteiger partial charge in [-0.25, -0.2) is 9.97 Å². The number of benzene rings is 1. The van der Waals surface area contributed by atoms with Crippen molar-refractivity contribution >= 4 is 40.0 Å². The number of thioether (sulfide) groups is 1. The number of ether oxygens (including phenoxy) is 1. The number of hydrogen-bond donors (Lipinski definition) is 0. The molecule has 3 heterocycles. The van der Waals surface area contributed by atoms with E-state index in [4.69, 9.17) is 9.72 Å². The summed E-state index contributed by atoms with van der Waals surface area (Å²) in [5.41, 5.74) is 0.898. The summed E-state index contributed by atoms with van der Waals surface area (Å²) < 4.78 is 5.05. The number of hydrogen-bond acceptors (Lipinski definition) is 6. The van der Waals surface area contributed by atoms with E-state index in [2.05, 4.69) is 4.98 Å². The molecule has 0 N–H and O–H groups in total. The van der Waals surface area contributed by atoms with Crippen LogP contribution < -0.4 is 0 Å². The molecule has 110 valence electrons. The Balaban J connectivity index is 1.82. The van der Waals surface area contributed by atoms with E-state index in [1.165, 1.54) is 11.8 Å². The van der Waals surface area contributed by atoms with Gasteiger partial charge in [0.05, 0.1) is 17.0 Å². The highest BCUT2D eigenvalue weighted by atomic mass is 32.2. The Morgan fingerprint density at radius 2 is 2.09 bits per heavy atom. The Hall–Kier alpha value is -1.92. The Morgan fingerprint density at radius 1 is 1.18 bits per heavy atom. The highest BCUT2D eigenvalue weighted by Gasteiger charge is 2.29. The summed E-state index contributed by atoms with van der Waals surface area (Å²) >= 11 is 3.09. The number of para-hydroxylation sites is 1. The first-order chi connectivity index (χ1) is 10.8. The van der Waals surface area contributed by atoms with Gasteiger partial charge in [0.25, 0.3) is 0 Å². The van der Waals surface area contributed by atoms with Crippen LogP contribution in [-0.4, -0.2) is 27.8 Å². The Morgan fingerprint density at radius 3 is 2.86 bits per heavy atom. The molecule has 0 aliphatic carbocycles. The highest BCUT2D eigenvalue weighted by molar-refractivity contribution is 8.00. The van der Waals surface area contributed by atoms with E-state index >= 15 is 0 Å². The largest absolute Gasteiger partial charge is 0.465 e. The smallest absolute Gasteiger partial charge is 0.319 e. The first kappa shape index (κ1) is 13.7. The van der Waals surface area contributed by atoms with Crippen molar-refractivity contribution in [2.45, 2.75) is 16.7 Å². The lowest BCUT2D eigenvalue weighted by molar-refractivity contribution is -0.137. The Kier molecular flexibility index (Phi) is 3.56. The van der Waals surface area contributed by atoms with Gasteiger partial charge in [-0.15, -0.1) is 11.3 Å². The average molecular weight is 328 g/mol. The van der Waals surface area contributed by atoms with Gasteiger partial charge >= 0.3 is 5.97 Å². The minimum absolute atomic E-state index is 0.148. The first-order valence-corrected chi connectivity index (χ1v) is 8.71. The van der Waals surface area contributed by atoms with Crippen molar-refractivity contribution in [3.63, 3.8) is 0 Å². The molecule has 0 saturated carbocycles. The maximum Gasteiger partial charge on any atom is 0.319 e. The molecule has 0 amide bonds. The third-order valence-corrected chi connectivity index (χ3v) is 5.56. The molecule has 1 aromatic carbocycles. The van der Waals surface area contributed by atoms with Crippen LogP contribution in [0.2, 0.25) is 0 Å². The van der Waals surface area contributed by atoms with E-state index in [0.717, 1.165) is 27.2 Å². The van der Waals surface area contributed by atoms with E-state index in [-0.39, 0.29) is 11.2 Å². The van der Waals surface area contributed by atoms with Crippen molar-refractivity contribution in [1.29, 1.82) is 0 Å². The molecule has 0 radical (unpaired) electrons. The molecular formula is C16H12N2O2S2. The molecule has 1 saturated heterocycles. The van der Waals surface area contributed by atoms with Crippen molar-refractivity contribution in [1.82, 2.24) is 9.97 Å². The number of rotatable bonds is 3. The second kappa shape index (κ2) is 5.70. The lowest BCUT2D eigenvalue weighted by Gasteiger charge is -2.09. The van der Waals surface area contributed by atoms with Crippen LogP contribution in [0, 0.1) is 0 Å². The van der Waals surface area contributed by atoms with Crippen LogP contribution in [0.5, 0.6) is 0 Å². The fourth-order valence-electron chi connectivity index (χ4n) is 2.37. The summed E-state index contributed by atoms with van der Waals surface area (Å²) in [5, 5.41) is 3.66. The van der Waals surface area contributed by atoms with Gasteiger partial charge in [-0.3, -0.25) is 4.79 Å². The van der Waals surface area contributed by atoms with Crippen LogP contribution in [0.25, 0.3) is 21.6 Å². The third kappa shape index (κ3) is 2.48. The molecule has 6 heteroatoms. The van der Waals surface area contributed by atoms with Gasteiger partial charge in [-0.2, -0.15) is 0 Å². The van der Waals surface area contributed by atoms with Crippen LogP contribution in [0.15, 0.2) is 46.8 Å². The summed E-state index contributed by atoms with van der Waals surface area (Å²) in [4.78, 5) is 22.1. The summed E-state index contributed by atoms with van der Waals surface area (Å²) in [6.07, 6.45) is 0.732. The predicted molar refractivity (Wildman–Crippen MR) is 88.1 cm³/mol. The number of aromatic nitrogens is 2. The van der Waals surface area contributed by atoms with Gasteiger partial charge in [0, 0.05) is 11.8 Å². The van der Waals surface area contributed by atoms with Crippen molar-refractivity contribution in [2.75, 3.05) is 6.61 Å². The van der Waals surface area contributed by atoms with Crippen molar-refractivity contribution in [3.8, 4) is 10.7 Å². The van der Waals surface area contributed by atoms with E-state index < -0.39 is 0 Å². The molecule has 4 rings (SSSR count). The molecule has 3 aromatic rings. The normalized spacial score (nSPS) is 17.8. The van der Waals surface area contributed by atoms with Gasteiger partial charge in [-0.1, -0.05) is 36.0 Å². The molecule has 0 bridgehead atoms. The number of carbonyl (C=O) groups is 1. The molecule has 4 nitrogen and oxygen atoms in total. The van der Waals surface area contributed by atoms with Crippen LogP contribution in [0.3, 0.4) is 0 Å². The molecule has 1 atom stereocenters. The van der Waals surface area contributed by atoms with Crippen molar-refractivity contribution in [2.24, 2.45) is 0 Å². The highest BCUT2D eigenvalue weighted by Crippen LogP contribution is 2.34. The zero-order valence-electron chi connectivity index (χ0n) is 11.6. The number of thiophene rings is 1. The van der Waals surface area contributed by atoms with E-state index in [1.807, 2.05) is 41.8 Å². The second-order valence-electron chi connectivity index (χ2n) is 4.91. The van der Waals surface area contributed by atoms with Crippen LogP contribution in [0.4, 0.5) is 0 Å². The summed E-state index contributed by atoms with van der Waals surface area (Å²) in [6.45, 7) is 0.497. The monoisotopic (exact) mass is 328 g/mol. The van der Waals surface area contributed by atoms with Crippen LogP contribution >= 0.6 is 23.1 Å². The van der Waals surface area contributed by atoms with Crippen molar-refractivity contribution in [3.05, 3.63) is 41.8 Å². The van der Waals surface area contributed by atoms with E-state index in [0.29, 0.717) is 12.4 Å². The molecule has 1 aliphatic heterocycles. The molecule has 1 unspecified atom stereocenters. The predicted octanol–water partition coefficient (Wildman–Crippen LogP) is 3.77. The average Bonchev–Trinajstić information content (AvgIpc) is 3.20. The Bertz CT molecular complexity index is 833. The Labute approximate surface area is 135 Å². The second-order valence-corrected chi connectivity index (χ2v) is 7.05. The minimum atomic E-state index is -0.172. The standard InChI is InChI=1S/C16H12N2O2S2/c19-16-13(7-8-20-16)22-15-10-4-1-2-5-11(10)17-14(18-15)12-6-3-9-21-12/h1-6,9,13H,7-8H2. The maximum atomic E-state index is 11.7. The van der Waals surface area contributed by atoms with Gasteiger partial charge < -0.3 is 4.74 Å². The van der Waals surface area contributed by atoms with Crippen LogP contribution in [-0.2, 0) is 9.53 Å². The van der Waals surface area contributed by atoms with Gasteiger partial charge in [0.15, 0.2) is 5.82 Å². The topological polar surface area (TPSA) is 52.1 Å². The zero-order valence-corrected chi connectivity index (χ0v) is 13.2. The molecule has 0 spiro atoms. The quantitative estimate of drug-likeness (QED) is 0.541. The van der Waals surface area contributed by atoms with Gasteiger partial charge in [0.1, 0.15) is 10.3 Å². The van der Waals surface area contributed by atoms with Crippen LogP contribution in [0.1, 0.15) is 6.42 Å². The zero-order chi connectivity index (χ0) is 14.9. The number of cyclic esters (lactones) is 1. The SMILES string of the molecule is O=C1OCCC1Sc1nc(-c2cccs2)nc2ccccc12. The third-order valence-electron chi connectivity index (χ3n) is 3.45. The van der Waals surface area contributed by atoms with E-state index in [9.17, 15) is 4.79 Å². The number of carbonyl (C=O) groups excluding carboxylic acids is 1. The lowest BCUT2D eigenvalue weighted by Crippen LogP contribution is -2.10. The lowest BCUT2D eigenvalue weighted by atomic mass is 10.2. The first-order valence-electron chi connectivity index (χ1n) is 6.95. The summed E-state index contributed by atoms with van der Waals surface area (Å²) in [6, 6.07) is 11.9. The van der Waals surface area contributed by atoms with Gasteiger partial charge in [0.2, 0.25) is 0 Å². The fourth-order valence-corrected chi connectivity index (χ4v) is 4.12. The maximum absolute atomic E-state index is 11.7. The number of esters is 1. The summed E-state index contributed by atoms with van der Waals surface area (Å²) in [7, 11) is 0. The number of nitrogens with zero attached hydrogens (tertiary/aromatic N) is 2. The van der Waals surface area contributed by atoms with Gasteiger partial charge in [-0.05, 0) is 17.5 Å². The summed E-state index contributed by atoms with van der Waals surface area (Å²) in [5.74, 6) is 0.563. The molecule has 1 fully saturated rings. The molecular weight excluding hydrogens is 316 g/mol. The molecule has 2 aromatic heterocycles. The molecule has 1 aliphatic rings. The number of fused-ring (bicyclic) bond motifs is 1. The fraction of sp³-hybridized carbons (Fsp3) is 0.188. The van der Waals surface area contributed by atoms with Crippen molar-refractivity contribution < 1.29 is 9.53 Å². The molecule has 22 heavy (non-hydrogen) atoms.